The molecular formula is C29H35N5O5. The predicted molar refractivity (Wildman–Crippen MR) is 146 cm³/mol. The van der Waals surface area contributed by atoms with Crippen molar-refractivity contribution in [1.29, 1.82) is 0 Å². The first-order valence-electron chi connectivity index (χ1n) is 13.0. The van der Waals surface area contributed by atoms with Crippen LogP contribution in [0.15, 0.2) is 65.3 Å². The molecule has 0 aliphatic rings. The number of rotatable bonds is 13. The molecule has 0 spiro atoms. The lowest BCUT2D eigenvalue weighted by Crippen LogP contribution is -2.46. The summed E-state index contributed by atoms with van der Waals surface area (Å²) in [6.07, 6.45) is 2.80. The minimum Gasteiger partial charge on any atom is -0.493 e. The average Bonchev–Trinajstić information content (AvgIpc) is 3.61. The maximum atomic E-state index is 13.9. The fourth-order valence-electron chi connectivity index (χ4n) is 4.39. The van der Waals surface area contributed by atoms with E-state index in [0.29, 0.717) is 41.7 Å². The Morgan fingerprint density at radius 3 is 2.56 bits per heavy atom. The standard InChI is InChI=1S/C29H35N5O5/c1-20(2)13-15-30-29(36)28(25-10-7-17-39-25)33(16-14-21-11-12-24(37-3)26(18-21)38-4)27(35)19-34-23-9-6-5-8-22(23)31-32-34/h5-12,17-18,20,28H,13-16,19H2,1-4H3,(H,30,36)/t28-/m0/s1. The summed E-state index contributed by atoms with van der Waals surface area (Å²) in [5, 5.41) is 11.3. The molecule has 0 saturated heterocycles. The summed E-state index contributed by atoms with van der Waals surface area (Å²) in [7, 11) is 3.16. The molecule has 0 aliphatic carbocycles. The van der Waals surface area contributed by atoms with Crippen LogP contribution in [0.5, 0.6) is 11.5 Å². The maximum Gasteiger partial charge on any atom is 0.250 e. The molecule has 10 heteroatoms. The van der Waals surface area contributed by atoms with E-state index >= 15 is 0 Å². The first-order chi connectivity index (χ1) is 18.9. The van der Waals surface area contributed by atoms with Crippen molar-refractivity contribution in [2.75, 3.05) is 27.3 Å². The van der Waals surface area contributed by atoms with Gasteiger partial charge in [0.05, 0.1) is 26.0 Å². The molecule has 206 valence electrons. The lowest BCUT2D eigenvalue weighted by molar-refractivity contribution is -0.142. The van der Waals surface area contributed by atoms with Gasteiger partial charge in [-0.2, -0.15) is 0 Å². The van der Waals surface area contributed by atoms with Crippen molar-refractivity contribution in [1.82, 2.24) is 25.2 Å². The molecule has 4 aromatic rings. The predicted octanol–water partition coefficient (Wildman–Crippen LogP) is 4.02. The molecule has 2 amide bonds. The summed E-state index contributed by atoms with van der Waals surface area (Å²) in [4.78, 5) is 29.0. The highest BCUT2D eigenvalue weighted by molar-refractivity contribution is 5.88. The van der Waals surface area contributed by atoms with Crippen LogP contribution in [-0.4, -0.2) is 59.0 Å². The number of nitrogens with one attached hydrogen (secondary N) is 1. The largest absolute Gasteiger partial charge is 0.493 e. The Hall–Kier alpha value is -4.34. The van der Waals surface area contributed by atoms with Crippen molar-refractivity contribution in [3.63, 3.8) is 0 Å². The number of hydrogen-bond donors (Lipinski definition) is 1. The van der Waals surface area contributed by atoms with Gasteiger partial charge in [-0.3, -0.25) is 9.59 Å². The van der Waals surface area contributed by atoms with Crippen LogP contribution in [0, 0.1) is 5.92 Å². The van der Waals surface area contributed by atoms with Gasteiger partial charge in [0.25, 0.3) is 5.91 Å². The Balaban J connectivity index is 1.64. The smallest absolute Gasteiger partial charge is 0.250 e. The molecule has 1 N–H and O–H groups in total. The number of aromatic nitrogens is 3. The number of nitrogens with zero attached hydrogens (tertiary/aromatic N) is 4. The van der Waals surface area contributed by atoms with Gasteiger partial charge in [0.1, 0.15) is 17.8 Å². The minimum absolute atomic E-state index is 0.0804. The van der Waals surface area contributed by atoms with Crippen LogP contribution in [0.1, 0.15) is 37.6 Å². The number of para-hydroxylation sites is 1. The summed E-state index contributed by atoms with van der Waals surface area (Å²) >= 11 is 0. The minimum atomic E-state index is -0.949. The number of fused-ring (bicyclic) bond motifs is 1. The number of methoxy groups -OCH3 is 2. The molecule has 10 nitrogen and oxygen atoms in total. The molecule has 1 atom stereocenters. The van der Waals surface area contributed by atoms with E-state index in [-0.39, 0.29) is 24.9 Å². The van der Waals surface area contributed by atoms with E-state index in [4.69, 9.17) is 13.9 Å². The zero-order chi connectivity index (χ0) is 27.8. The number of carbonyl (C=O) groups excluding carboxylic acids is 2. The molecule has 0 unspecified atom stereocenters. The van der Waals surface area contributed by atoms with Crippen LogP contribution in [0.4, 0.5) is 0 Å². The number of ether oxygens (including phenoxy) is 2. The van der Waals surface area contributed by atoms with E-state index in [0.717, 1.165) is 17.5 Å². The van der Waals surface area contributed by atoms with Crippen LogP contribution in [0.3, 0.4) is 0 Å². The second-order valence-corrected chi connectivity index (χ2v) is 9.65. The first-order valence-corrected chi connectivity index (χ1v) is 13.0. The molecule has 0 aliphatic heterocycles. The van der Waals surface area contributed by atoms with E-state index in [1.807, 2.05) is 42.5 Å². The van der Waals surface area contributed by atoms with E-state index < -0.39 is 6.04 Å². The Kier molecular flexibility index (Phi) is 9.19. The number of hydrogen-bond acceptors (Lipinski definition) is 7. The van der Waals surface area contributed by atoms with E-state index in [2.05, 4.69) is 29.5 Å². The van der Waals surface area contributed by atoms with Gasteiger partial charge in [-0.1, -0.05) is 37.3 Å². The highest BCUT2D eigenvalue weighted by atomic mass is 16.5. The third-order valence-corrected chi connectivity index (χ3v) is 6.51. The third-order valence-electron chi connectivity index (χ3n) is 6.51. The number of carbonyl (C=O) groups is 2. The number of furan rings is 1. The highest BCUT2D eigenvalue weighted by Gasteiger charge is 2.33. The van der Waals surface area contributed by atoms with Crippen molar-refractivity contribution in [2.45, 2.75) is 39.3 Å². The van der Waals surface area contributed by atoms with E-state index in [1.165, 1.54) is 6.26 Å². The van der Waals surface area contributed by atoms with Crippen molar-refractivity contribution in [2.24, 2.45) is 5.92 Å². The fourth-order valence-corrected chi connectivity index (χ4v) is 4.39. The lowest BCUT2D eigenvalue weighted by atomic mass is 10.1. The van der Waals surface area contributed by atoms with Crippen LogP contribution >= 0.6 is 0 Å². The zero-order valence-electron chi connectivity index (χ0n) is 22.8. The van der Waals surface area contributed by atoms with E-state index in [9.17, 15) is 9.59 Å². The molecule has 4 rings (SSSR count). The van der Waals surface area contributed by atoms with Crippen molar-refractivity contribution >= 4 is 22.8 Å². The normalized spacial score (nSPS) is 11.9. The Bertz CT molecular complexity index is 1380. The lowest BCUT2D eigenvalue weighted by Gasteiger charge is -2.30. The Morgan fingerprint density at radius 1 is 1.05 bits per heavy atom. The highest BCUT2D eigenvalue weighted by Crippen LogP contribution is 2.29. The Morgan fingerprint density at radius 2 is 1.85 bits per heavy atom. The first kappa shape index (κ1) is 27.7. The molecule has 2 aromatic heterocycles. The van der Waals surface area contributed by atoms with Gasteiger partial charge in [0.15, 0.2) is 17.5 Å². The quantitative estimate of drug-likeness (QED) is 0.276. The topological polar surface area (TPSA) is 112 Å². The van der Waals surface area contributed by atoms with Gasteiger partial charge in [0, 0.05) is 13.1 Å². The summed E-state index contributed by atoms with van der Waals surface area (Å²) in [5.41, 5.74) is 2.35. The molecule has 2 heterocycles. The molecule has 0 radical (unpaired) electrons. The Labute approximate surface area is 227 Å². The van der Waals surface area contributed by atoms with Crippen molar-refractivity contribution in [3.8, 4) is 11.5 Å². The molecule has 39 heavy (non-hydrogen) atoms. The number of amides is 2. The van der Waals surface area contributed by atoms with Crippen LogP contribution in [-0.2, 0) is 22.6 Å². The SMILES string of the molecule is COc1ccc(CCN(C(=O)Cn2nnc3ccccc32)[C@H](C(=O)NCCC(C)C)c2ccco2)cc1OC. The van der Waals surface area contributed by atoms with Gasteiger partial charge in [0.2, 0.25) is 5.91 Å². The maximum absolute atomic E-state index is 13.9. The van der Waals surface area contributed by atoms with E-state index in [1.54, 1.807) is 35.9 Å². The van der Waals surface area contributed by atoms with Gasteiger partial charge < -0.3 is 24.1 Å². The fraction of sp³-hybridized carbons (Fsp3) is 0.379. The summed E-state index contributed by atoms with van der Waals surface area (Å²) < 4.78 is 18.0. The van der Waals surface area contributed by atoms with Crippen molar-refractivity contribution < 1.29 is 23.5 Å². The number of benzene rings is 2. The second kappa shape index (κ2) is 12.9. The van der Waals surface area contributed by atoms with Crippen LogP contribution < -0.4 is 14.8 Å². The van der Waals surface area contributed by atoms with Gasteiger partial charge >= 0.3 is 0 Å². The molecule has 2 aromatic carbocycles. The average molecular weight is 534 g/mol. The summed E-state index contributed by atoms with van der Waals surface area (Å²) in [6.45, 7) is 4.86. The second-order valence-electron chi connectivity index (χ2n) is 9.65. The summed E-state index contributed by atoms with van der Waals surface area (Å²) in [5.74, 6) is 1.44. The van der Waals surface area contributed by atoms with Gasteiger partial charge in [-0.05, 0) is 60.7 Å². The van der Waals surface area contributed by atoms with Gasteiger partial charge in [-0.15, -0.1) is 5.10 Å². The van der Waals surface area contributed by atoms with Crippen LogP contribution in [0.2, 0.25) is 0 Å². The summed E-state index contributed by atoms with van der Waals surface area (Å²) in [6, 6.07) is 15.5. The molecular weight excluding hydrogens is 498 g/mol. The molecule has 0 saturated carbocycles. The third kappa shape index (κ3) is 6.76. The molecule has 0 bridgehead atoms. The van der Waals surface area contributed by atoms with Crippen molar-refractivity contribution in [3.05, 3.63) is 72.2 Å². The monoisotopic (exact) mass is 533 g/mol. The zero-order valence-corrected chi connectivity index (χ0v) is 22.8. The van der Waals surface area contributed by atoms with Crippen LogP contribution in [0.25, 0.3) is 11.0 Å². The van der Waals surface area contributed by atoms with Gasteiger partial charge in [-0.25, -0.2) is 4.68 Å². The molecule has 0 fully saturated rings.